The Morgan fingerprint density at radius 2 is 2.27 bits per heavy atom. The third-order valence-corrected chi connectivity index (χ3v) is 2.21. The van der Waals surface area contributed by atoms with Gasteiger partial charge in [-0.15, -0.1) is 6.42 Å². The summed E-state index contributed by atoms with van der Waals surface area (Å²) in [5.41, 5.74) is 2.18. The monoisotopic (exact) mass is 201 g/mol. The Kier molecular flexibility index (Phi) is 4.77. The van der Waals surface area contributed by atoms with Crippen LogP contribution in [0, 0.1) is 19.3 Å². The van der Waals surface area contributed by atoms with Crippen LogP contribution in [0.25, 0.3) is 0 Å². The first-order valence-electron chi connectivity index (χ1n) is 5.33. The van der Waals surface area contributed by atoms with Gasteiger partial charge in [-0.2, -0.15) is 0 Å². The van der Waals surface area contributed by atoms with Crippen molar-refractivity contribution in [1.82, 2.24) is 0 Å². The van der Waals surface area contributed by atoms with Crippen molar-refractivity contribution < 1.29 is 4.74 Å². The summed E-state index contributed by atoms with van der Waals surface area (Å²) >= 11 is 0. The van der Waals surface area contributed by atoms with Gasteiger partial charge in [0.05, 0.1) is 6.61 Å². The topological polar surface area (TPSA) is 9.23 Å². The molecule has 0 N–H and O–H groups in total. The molecule has 0 saturated heterocycles. The number of benzene rings is 1. The van der Waals surface area contributed by atoms with Crippen LogP contribution >= 0.6 is 0 Å². The van der Waals surface area contributed by atoms with Gasteiger partial charge in [0.1, 0.15) is 5.75 Å². The van der Waals surface area contributed by atoms with E-state index in [1.165, 1.54) is 12.0 Å². The maximum atomic E-state index is 5.33. The van der Waals surface area contributed by atoms with Gasteiger partial charge >= 0.3 is 0 Å². The van der Waals surface area contributed by atoms with Gasteiger partial charge in [0.25, 0.3) is 0 Å². The van der Waals surface area contributed by atoms with Crippen LogP contribution in [-0.4, -0.2) is 6.61 Å². The highest BCUT2D eigenvalue weighted by Gasteiger charge is 2.10. The maximum absolute atomic E-state index is 5.33. The zero-order valence-corrected chi connectivity index (χ0v) is 9.25. The lowest BCUT2D eigenvalue weighted by Gasteiger charge is -1.97. The Labute approximate surface area is 92.5 Å². The number of ether oxygens (including phenoxy) is 1. The van der Waals surface area contributed by atoms with Crippen molar-refractivity contribution in [2.75, 3.05) is 6.61 Å². The molecule has 1 heteroatoms. The quantitative estimate of drug-likeness (QED) is 0.634. The largest absolute Gasteiger partial charge is 0.493 e. The second-order valence-corrected chi connectivity index (χ2v) is 3.42. The predicted molar refractivity (Wildman–Crippen MR) is 63.8 cm³/mol. The van der Waals surface area contributed by atoms with Crippen LogP contribution in [-0.2, 0) is 6.42 Å². The van der Waals surface area contributed by atoms with E-state index in [2.05, 4.69) is 19.8 Å². The van der Waals surface area contributed by atoms with E-state index in [9.17, 15) is 0 Å². The van der Waals surface area contributed by atoms with Crippen molar-refractivity contribution in [2.24, 2.45) is 0 Å². The molecule has 1 aliphatic rings. The molecule has 0 unspecified atom stereocenters. The van der Waals surface area contributed by atoms with Gasteiger partial charge in [0, 0.05) is 12.0 Å². The van der Waals surface area contributed by atoms with Gasteiger partial charge < -0.3 is 4.74 Å². The molecule has 0 aromatic heterocycles. The number of unbranched alkanes of at least 4 members (excludes halogenated alkanes) is 1. The van der Waals surface area contributed by atoms with E-state index >= 15 is 0 Å². The van der Waals surface area contributed by atoms with Gasteiger partial charge in [-0.3, -0.25) is 0 Å². The van der Waals surface area contributed by atoms with E-state index < -0.39 is 0 Å². The molecule has 0 amide bonds. The van der Waals surface area contributed by atoms with Crippen LogP contribution in [0.1, 0.15) is 30.9 Å². The first-order chi connectivity index (χ1) is 7.31. The molecule has 0 atom stereocenters. The zero-order valence-electron chi connectivity index (χ0n) is 9.25. The Morgan fingerprint density at radius 3 is 2.87 bits per heavy atom. The molecule has 0 bridgehead atoms. The summed E-state index contributed by atoms with van der Waals surface area (Å²) < 4.78 is 5.33. The minimum Gasteiger partial charge on any atom is -0.493 e. The predicted octanol–water partition coefficient (Wildman–Crippen LogP) is 3.22. The molecular formula is C14H17O. The first-order valence-corrected chi connectivity index (χ1v) is 5.33. The molecule has 1 radical (unpaired) electrons. The van der Waals surface area contributed by atoms with Gasteiger partial charge in [0.2, 0.25) is 0 Å². The normalized spacial score (nSPS) is 11.8. The van der Waals surface area contributed by atoms with Crippen molar-refractivity contribution in [3.63, 3.8) is 0 Å². The lowest BCUT2D eigenvalue weighted by atomic mass is 10.1. The van der Waals surface area contributed by atoms with Crippen LogP contribution in [0.2, 0.25) is 0 Å². The fraction of sp³-hybridized carbons (Fsp3) is 0.357. The molecule has 0 saturated carbocycles. The van der Waals surface area contributed by atoms with E-state index in [0.29, 0.717) is 0 Å². The molecule has 1 heterocycles. The summed E-state index contributed by atoms with van der Waals surface area (Å²) in [5.74, 6) is 3.59. The molecule has 79 valence electrons. The molecule has 0 aliphatic carbocycles. The van der Waals surface area contributed by atoms with Crippen molar-refractivity contribution in [3.05, 3.63) is 36.2 Å². The first kappa shape index (κ1) is 11.7. The third kappa shape index (κ3) is 3.32. The van der Waals surface area contributed by atoms with Crippen LogP contribution < -0.4 is 4.74 Å². The average molecular weight is 201 g/mol. The van der Waals surface area contributed by atoms with Crippen molar-refractivity contribution in [3.8, 4) is 18.1 Å². The highest BCUT2D eigenvalue weighted by atomic mass is 16.5. The summed E-state index contributed by atoms with van der Waals surface area (Å²) in [4.78, 5) is 0. The van der Waals surface area contributed by atoms with Crippen LogP contribution in [0.3, 0.4) is 0 Å². The summed E-state index contributed by atoms with van der Waals surface area (Å²) in [7, 11) is 0. The fourth-order valence-electron chi connectivity index (χ4n) is 1.28. The lowest BCUT2D eigenvalue weighted by Crippen LogP contribution is -1.85. The second-order valence-electron chi connectivity index (χ2n) is 3.42. The van der Waals surface area contributed by atoms with Gasteiger partial charge in [0.15, 0.2) is 0 Å². The number of fused-ring (bicyclic) bond motifs is 1. The van der Waals surface area contributed by atoms with Gasteiger partial charge in [-0.25, -0.2) is 0 Å². The Hall–Kier alpha value is -1.42. The molecular weight excluding hydrogens is 184 g/mol. The third-order valence-electron chi connectivity index (χ3n) is 2.21. The zero-order chi connectivity index (χ0) is 11.1. The second kappa shape index (κ2) is 6.14. The van der Waals surface area contributed by atoms with Gasteiger partial charge in [-0.05, 0) is 23.8 Å². The molecule has 1 aromatic carbocycles. The summed E-state index contributed by atoms with van der Waals surface area (Å²) in [5, 5.41) is 0. The Balaban J connectivity index is 0.000000245. The van der Waals surface area contributed by atoms with Crippen molar-refractivity contribution >= 4 is 0 Å². The average Bonchev–Trinajstić information content (AvgIpc) is 2.76. The SMILES string of the molecule is C#Cc1ccc2c(c1)CCO2.[CH2]CCC. The van der Waals surface area contributed by atoms with E-state index in [-0.39, 0.29) is 0 Å². The Morgan fingerprint density at radius 1 is 1.53 bits per heavy atom. The highest BCUT2D eigenvalue weighted by molar-refractivity contribution is 5.44. The minimum atomic E-state index is 0.795. The number of rotatable bonds is 1. The standard InChI is InChI=1S/C10H8O.C4H9/c1-2-8-3-4-10-9(7-8)5-6-11-10;1-3-4-2/h1,3-4,7H,5-6H2;1,3-4H2,2H3. The van der Waals surface area contributed by atoms with Gasteiger partial charge in [-0.1, -0.05) is 32.6 Å². The van der Waals surface area contributed by atoms with Crippen LogP contribution in [0.4, 0.5) is 0 Å². The smallest absolute Gasteiger partial charge is 0.122 e. The number of hydrogen-bond donors (Lipinski definition) is 0. The summed E-state index contributed by atoms with van der Waals surface area (Å²) in [6.45, 7) is 6.52. The number of hydrogen-bond acceptors (Lipinski definition) is 1. The highest BCUT2D eigenvalue weighted by Crippen LogP contribution is 2.25. The maximum Gasteiger partial charge on any atom is 0.122 e. The molecule has 0 fully saturated rings. The molecule has 1 aliphatic heterocycles. The molecule has 0 spiro atoms. The molecule has 2 rings (SSSR count). The van der Waals surface area contributed by atoms with Crippen molar-refractivity contribution in [2.45, 2.75) is 26.2 Å². The molecule has 15 heavy (non-hydrogen) atoms. The van der Waals surface area contributed by atoms with E-state index in [4.69, 9.17) is 11.2 Å². The van der Waals surface area contributed by atoms with E-state index in [1.54, 1.807) is 0 Å². The Bertz CT molecular complexity index is 345. The summed E-state index contributed by atoms with van der Waals surface area (Å²) in [6.07, 6.45) is 8.52. The number of terminal acetylenes is 1. The lowest BCUT2D eigenvalue weighted by molar-refractivity contribution is 0.357. The van der Waals surface area contributed by atoms with Crippen molar-refractivity contribution in [1.29, 1.82) is 0 Å². The van der Waals surface area contributed by atoms with E-state index in [1.807, 2.05) is 18.2 Å². The molecule has 1 aromatic rings. The van der Waals surface area contributed by atoms with Crippen LogP contribution in [0.15, 0.2) is 18.2 Å². The van der Waals surface area contributed by atoms with E-state index in [0.717, 1.165) is 30.8 Å². The van der Waals surface area contributed by atoms with Crippen LogP contribution in [0.5, 0.6) is 5.75 Å². The fourth-order valence-corrected chi connectivity index (χ4v) is 1.28. The summed E-state index contributed by atoms with van der Waals surface area (Å²) in [6, 6.07) is 5.87. The minimum absolute atomic E-state index is 0.795. The molecule has 1 nitrogen and oxygen atoms in total.